The Bertz CT molecular complexity index is 108. The van der Waals surface area contributed by atoms with E-state index >= 15 is 0 Å². The first-order valence-corrected chi connectivity index (χ1v) is 3.34. The number of rotatable bonds is 2. The smallest absolute Gasteiger partial charge is 0.309 e. The molecule has 0 aromatic heterocycles. The summed E-state index contributed by atoms with van der Waals surface area (Å²) in [4.78, 5) is 10.1. The minimum atomic E-state index is -0.668. The number of hydrogen-bond acceptors (Lipinski definition) is 1. The highest BCUT2D eigenvalue weighted by molar-refractivity contribution is 5.67. The molecule has 0 unspecified atom stereocenters. The van der Waals surface area contributed by atoms with Gasteiger partial charge in [0.25, 0.3) is 0 Å². The lowest BCUT2D eigenvalue weighted by Gasteiger charge is -2.00. The van der Waals surface area contributed by atoms with Gasteiger partial charge in [-0.15, -0.1) is 0 Å². The highest BCUT2D eigenvalue weighted by Gasteiger charge is 2.20. The molecule has 3 nitrogen and oxygen atoms in total. The van der Waals surface area contributed by atoms with Crippen molar-refractivity contribution in [3.8, 4) is 0 Å². The van der Waals surface area contributed by atoms with Gasteiger partial charge >= 0.3 is 5.97 Å². The number of hydrogen-bond donors (Lipinski definition) is 2. The molecule has 0 aliphatic carbocycles. The topological polar surface area (TPSA) is 53.9 Å². The van der Waals surface area contributed by atoms with Crippen molar-refractivity contribution < 1.29 is 15.2 Å². The molecule has 1 atom stereocenters. The van der Waals surface area contributed by atoms with E-state index in [1.165, 1.54) is 6.42 Å². The van der Waals surface area contributed by atoms with Crippen molar-refractivity contribution in [2.45, 2.75) is 25.3 Å². The van der Waals surface area contributed by atoms with Gasteiger partial charge in [0.05, 0.1) is 19.0 Å². The van der Waals surface area contributed by atoms with Crippen LogP contribution in [0.3, 0.4) is 0 Å². The molecule has 1 aliphatic rings. The average molecular weight is 130 g/mol. The van der Waals surface area contributed by atoms with Crippen LogP contribution in [0.4, 0.5) is 0 Å². The van der Waals surface area contributed by atoms with Crippen molar-refractivity contribution in [2.75, 3.05) is 6.54 Å². The normalized spacial score (nSPS) is 26.4. The molecule has 1 saturated heterocycles. The van der Waals surface area contributed by atoms with Gasteiger partial charge in [-0.2, -0.15) is 0 Å². The summed E-state index contributed by atoms with van der Waals surface area (Å²) < 4.78 is 0. The van der Waals surface area contributed by atoms with E-state index in [9.17, 15) is 4.79 Å². The van der Waals surface area contributed by atoms with Crippen molar-refractivity contribution in [1.82, 2.24) is 0 Å². The summed E-state index contributed by atoms with van der Waals surface area (Å²) >= 11 is 0. The van der Waals surface area contributed by atoms with Crippen LogP contribution in [-0.4, -0.2) is 23.7 Å². The summed E-state index contributed by atoms with van der Waals surface area (Å²) in [5.41, 5.74) is 0. The number of quaternary nitrogens is 1. The molecular formula is C6H12NO2+. The molecule has 1 fully saturated rings. The van der Waals surface area contributed by atoms with Gasteiger partial charge in [0, 0.05) is 12.8 Å². The highest BCUT2D eigenvalue weighted by Crippen LogP contribution is 2.00. The third-order valence-electron chi connectivity index (χ3n) is 1.72. The number of aliphatic carboxylic acids is 1. The molecule has 0 saturated carbocycles. The molecule has 1 rings (SSSR count). The summed E-state index contributed by atoms with van der Waals surface area (Å²) in [5.74, 6) is -0.668. The second kappa shape index (κ2) is 2.82. The van der Waals surface area contributed by atoms with Gasteiger partial charge in [-0.25, -0.2) is 0 Å². The molecule has 0 amide bonds. The van der Waals surface area contributed by atoms with Gasteiger partial charge in [-0.1, -0.05) is 0 Å². The van der Waals surface area contributed by atoms with Crippen molar-refractivity contribution >= 4 is 5.97 Å². The van der Waals surface area contributed by atoms with E-state index in [-0.39, 0.29) is 0 Å². The lowest BCUT2D eigenvalue weighted by Crippen LogP contribution is -2.86. The third kappa shape index (κ3) is 2.01. The predicted molar refractivity (Wildman–Crippen MR) is 32.1 cm³/mol. The zero-order valence-electron chi connectivity index (χ0n) is 5.34. The fourth-order valence-corrected chi connectivity index (χ4v) is 1.26. The second-order valence-corrected chi connectivity index (χ2v) is 2.52. The van der Waals surface area contributed by atoms with Gasteiger partial charge in [-0.3, -0.25) is 4.79 Å². The van der Waals surface area contributed by atoms with Gasteiger partial charge < -0.3 is 10.4 Å². The Labute approximate surface area is 54.1 Å². The number of carbonyl (C=O) groups is 1. The Kier molecular flexibility index (Phi) is 2.05. The fraction of sp³-hybridized carbons (Fsp3) is 0.833. The molecule has 1 aliphatic heterocycles. The van der Waals surface area contributed by atoms with Crippen LogP contribution in [0, 0.1) is 0 Å². The molecular weight excluding hydrogens is 118 g/mol. The van der Waals surface area contributed by atoms with Crippen LogP contribution < -0.4 is 5.32 Å². The number of carboxylic acids is 1. The highest BCUT2D eigenvalue weighted by atomic mass is 16.4. The molecule has 0 aromatic rings. The summed E-state index contributed by atoms with van der Waals surface area (Å²) in [6.07, 6.45) is 2.59. The molecule has 3 N–H and O–H groups in total. The molecule has 0 spiro atoms. The predicted octanol–water partition coefficient (Wildman–Crippen LogP) is -0.813. The summed E-state index contributed by atoms with van der Waals surface area (Å²) in [6.45, 7) is 1.11. The Morgan fingerprint density at radius 3 is 3.00 bits per heavy atom. The van der Waals surface area contributed by atoms with E-state index in [2.05, 4.69) is 5.32 Å². The van der Waals surface area contributed by atoms with Crippen LogP contribution in [0.1, 0.15) is 19.3 Å². The molecule has 9 heavy (non-hydrogen) atoms. The Morgan fingerprint density at radius 2 is 2.56 bits per heavy atom. The van der Waals surface area contributed by atoms with Gasteiger partial charge in [0.1, 0.15) is 0 Å². The quantitative estimate of drug-likeness (QED) is 0.513. The second-order valence-electron chi connectivity index (χ2n) is 2.52. The summed E-state index contributed by atoms with van der Waals surface area (Å²) in [6, 6.07) is 0.363. The minimum Gasteiger partial charge on any atom is -0.481 e. The van der Waals surface area contributed by atoms with Crippen LogP contribution in [-0.2, 0) is 4.79 Å². The Morgan fingerprint density at radius 1 is 1.78 bits per heavy atom. The SMILES string of the molecule is O=C(O)C[C@@H]1CCC[NH2+]1. The van der Waals surface area contributed by atoms with E-state index in [1.807, 2.05) is 0 Å². The molecule has 0 bridgehead atoms. The van der Waals surface area contributed by atoms with E-state index in [0.717, 1.165) is 13.0 Å². The molecule has 52 valence electrons. The first-order valence-electron chi connectivity index (χ1n) is 3.34. The van der Waals surface area contributed by atoms with E-state index in [1.54, 1.807) is 0 Å². The average Bonchev–Trinajstić information content (AvgIpc) is 2.15. The standard InChI is InChI=1S/C6H11NO2/c8-6(9)4-5-2-1-3-7-5/h5,7H,1-4H2,(H,8,9)/p+1/t5-/m0/s1. The van der Waals surface area contributed by atoms with Crippen LogP contribution in [0.2, 0.25) is 0 Å². The number of carboxylic acid groups (broad SMARTS) is 1. The summed E-state index contributed by atoms with van der Waals surface area (Å²) in [7, 11) is 0. The maximum absolute atomic E-state index is 10.1. The largest absolute Gasteiger partial charge is 0.481 e. The van der Waals surface area contributed by atoms with Gasteiger partial charge in [-0.05, 0) is 0 Å². The van der Waals surface area contributed by atoms with Crippen LogP contribution >= 0.6 is 0 Å². The first-order chi connectivity index (χ1) is 4.29. The van der Waals surface area contributed by atoms with E-state index < -0.39 is 5.97 Å². The number of nitrogens with two attached hydrogens (primary N) is 1. The third-order valence-corrected chi connectivity index (χ3v) is 1.72. The van der Waals surface area contributed by atoms with Crippen LogP contribution in [0.5, 0.6) is 0 Å². The lowest BCUT2D eigenvalue weighted by atomic mass is 10.2. The monoisotopic (exact) mass is 130 g/mol. The maximum Gasteiger partial charge on any atom is 0.309 e. The van der Waals surface area contributed by atoms with Crippen LogP contribution in [0.15, 0.2) is 0 Å². The van der Waals surface area contributed by atoms with Crippen molar-refractivity contribution in [2.24, 2.45) is 0 Å². The molecule has 3 heteroatoms. The molecule has 1 heterocycles. The molecule has 0 radical (unpaired) electrons. The van der Waals surface area contributed by atoms with Crippen LogP contribution in [0.25, 0.3) is 0 Å². The van der Waals surface area contributed by atoms with Gasteiger partial charge in [0.15, 0.2) is 0 Å². The van der Waals surface area contributed by atoms with Crippen molar-refractivity contribution in [3.05, 3.63) is 0 Å². The van der Waals surface area contributed by atoms with Crippen molar-refractivity contribution in [1.29, 1.82) is 0 Å². The lowest BCUT2D eigenvalue weighted by molar-refractivity contribution is -0.669. The summed E-state index contributed by atoms with van der Waals surface area (Å²) in [5, 5.41) is 10.5. The Hall–Kier alpha value is -0.570. The molecule has 0 aromatic carbocycles. The maximum atomic E-state index is 10.1. The van der Waals surface area contributed by atoms with E-state index in [4.69, 9.17) is 5.11 Å². The van der Waals surface area contributed by atoms with E-state index in [0.29, 0.717) is 12.5 Å². The zero-order chi connectivity index (χ0) is 6.69. The zero-order valence-corrected chi connectivity index (χ0v) is 5.34. The fourth-order valence-electron chi connectivity index (χ4n) is 1.26. The van der Waals surface area contributed by atoms with Crippen molar-refractivity contribution in [3.63, 3.8) is 0 Å². The minimum absolute atomic E-state index is 0.333. The van der Waals surface area contributed by atoms with Gasteiger partial charge in [0.2, 0.25) is 0 Å². The Balaban J connectivity index is 2.19. The first kappa shape index (κ1) is 6.55.